The first kappa shape index (κ1) is 14.6. The van der Waals surface area contributed by atoms with Gasteiger partial charge in [-0.3, -0.25) is 4.90 Å². The van der Waals surface area contributed by atoms with Crippen LogP contribution < -0.4 is 10.6 Å². The molecule has 2 rings (SSSR count). The Morgan fingerprint density at radius 2 is 1.74 bits per heavy atom. The average Bonchev–Trinajstić information content (AvgIpc) is 2.40. The topological polar surface area (TPSA) is 32.5 Å². The van der Waals surface area contributed by atoms with Crippen molar-refractivity contribution < 1.29 is 0 Å². The molecule has 1 heterocycles. The Hall–Kier alpha value is -0.770. The van der Waals surface area contributed by atoms with Gasteiger partial charge in [-0.15, -0.1) is 0 Å². The molecular weight excluding hydrogens is 258 g/mol. The molecule has 106 valence electrons. The Kier molecular flexibility index (Phi) is 4.71. The van der Waals surface area contributed by atoms with E-state index in [-0.39, 0.29) is 5.54 Å². The van der Waals surface area contributed by atoms with Crippen LogP contribution in [-0.4, -0.2) is 43.2 Å². The molecule has 1 aromatic carbocycles. The van der Waals surface area contributed by atoms with E-state index in [9.17, 15) is 0 Å². The van der Waals surface area contributed by atoms with Crippen LogP contribution in [0.2, 0.25) is 5.02 Å². The van der Waals surface area contributed by atoms with Crippen molar-refractivity contribution in [3.8, 4) is 0 Å². The number of rotatable bonds is 4. The number of nitrogens with zero attached hydrogens (tertiary/aromatic N) is 2. The van der Waals surface area contributed by atoms with Gasteiger partial charge in [-0.2, -0.15) is 0 Å². The third-order valence-corrected chi connectivity index (χ3v) is 4.21. The Balaban J connectivity index is 1.87. The van der Waals surface area contributed by atoms with Crippen molar-refractivity contribution in [1.29, 1.82) is 0 Å². The molecule has 0 amide bonds. The zero-order valence-corrected chi connectivity index (χ0v) is 12.7. The van der Waals surface area contributed by atoms with Gasteiger partial charge in [0.15, 0.2) is 0 Å². The molecule has 0 radical (unpaired) electrons. The van der Waals surface area contributed by atoms with Crippen molar-refractivity contribution in [2.75, 3.05) is 37.6 Å². The van der Waals surface area contributed by atoms with Crippen LogP contribution in [0.25, 0.3) is 0 Å². The van der Waals surface area contributed by atoms with Gasteiger partial charge in [0.2, 0.25) is 0 Å². The van der Waals surface area contributed by atoms with E-state index >= 15 is 0 Å². The quantitative estimate of drug-likeness (QED) is 0.921. The Morgan fingerprint density at radius 1 is 1.16 bits per heavy atom. The van der Waals surface area contributed by atoms with Crippen LogP contribution in [0.4, 0.5) is 5.69 Å². The van der Waals surface area contributed by atoms with Gasteiger partial charge in [0.1, 0.15) is 0 Å². The second-order valence-electron chi connectivity index (χ2n) is 5.75. The fourth-order valence-electron chi connectivity index (χ4n) is 2.44. The Labute approximate surface area is 121 Å². The summed E-state index contributed by atoms with van der Waals surface area (Å²) in [6.07, 6.45) is 1.02. The van der Waals surface area contributed by atoms with E-state index < -0.39 is 0 Å². The molecule has 1 fully saturated rings. The zero-order valence-electron chi connectivity index (χ0n) is 11.9. The predicted molar refractivity (Wildman–Crippen MR) is 83.0 cm³/mol. The lowest BCUT2D eigenvalue weighted by atomic mass is 9.99. The number of nitrogens with two attached hydrogens (primary N) is 1. The summed E-state index contributed by atoms with van der Waals surface area (Å²) < 4.78 is 0. The zero-order chi connectivity index (χ0) is 13.9. The van der Waals surface area contributed by atoms with Gasteiger partial charge in [-0.1, -0.05) is 18.5 Å². The van der Waals surface area contributed by atoms with E-state index in [1.54, 1.807) is 0 Å². The van der Waals surface area contributed by atoms with Crippen molar-refractivity contribution in [1.82, 2.24) is 4.90 Å². The van der Waals surface area contributed by atoms with Crippen LogP contribution in [-0.2, 0) is 0 Å². The summed E-state index contributed by atoms with van der Waals surface area (Å²) >= 11 is 5.92. The molecular formula is C15H24ClN3. The molecule has 0 aliphatic carbocycles. The van der Waals surface area contributed by atoms with Gasteiger partial charge < -0.3 is 10.6 Å². The first-order chi connectivity index (χ1) is 9.00. The highest BCUT2D eigenvalue weighted by molar-refractivity contribution is 6.30. The lowest BCUT2D eigenvalue weighted by molar-refractivity contribution is 0.203. The highest BCUT2D eigenvalue weighted by Crippen LogP contribution is 2.20. The summed E-state index contributed by atoms with van der Waals surface area (Å²) in [5.41, 5.74) is 7.43. The van der Waals surface area contributed by atoms with Crippen molar-refractivity contribution in [2.45, 2.75) is 25.8 Å². The molecule has 1 aliphatic heterocycles. The summed E-state index contributed by atoms with van der Waals surface area (Å²) in [5, 5.41) is 0.796. The van der Waals surface area contributed by atoms with Crippen LogP contribution in [0, 0.1) is 0 Å². The van der Waals surface area contributed by atoms with Crippen LogP contribution >= 0.6 is 11.6 Å². The van der Waals surface area contributed by atoms with Gasteiger partial charge in [0.25, 0.3) is 0 Å². The number of halogens is 1. The second kappa shape index (κ2) is 6.12. The number of hydrogen-bond donors (Lipinski definition) is 1. The van der Waals surface area contributed by atoms with Gasteiger partial charge in [-0.25, -0.2) is 0 Å². The molecule has 4 heteroatoms. The average molecular weight is 282 g/mol. The van der Waals surface area contributed by atoms with Crippen molar-refractivity contribution in [3.63, 3.8) is 0 Å². The molecule has 3 nitrogen and oxygen atoms in total. The monoisotopic (exact) mass is 281 g/mol. The standard InChI is InChI=1S/C15H24ClN3/c1-3-15(2,17)12-18-8-10-19(11-9-18)14-6-4-13(16)5-7-14/h4-7H,3,8-12,17H2,1-2H3. The van der Waals surface area contributed by atoms with Crippen LogP contribution in [0.5, 0.6) is 0 Å². The highest BCUT2D eigenvalue weighted by atomic mass is 35.5. The van der Waals surface area contributed by atoms with E-state index in [0.717, 1.165) is 44.2 Å². The normalized spacial score (nSPS) is 20.3. The van der Waals surface area contributed by atoms with Gasteiger partial charge in [-0.05, 0) is 37.6 Å². The lowest BCUT2D eigenvalue weighted by Gasteiger charge is -2.39. The Bertz CT molecular complexity index is 394. The van der Waals surface area contributed by atoms with Crippen LogP contribution in [0.3, 0.4) is 0 Å². The number of anilines is 1. The van der Waals surface area contributed by atoms with E-state index in [1.165, 1.54) is 5.69 Å². The number of hydrogen-bond acceptors (Lipinski definition) is 3. The molecule has 19 heavy (non-hydrogen) atoms. The summed E-state index contributed by atoms with van der Waals surface area (Å²) in [4.78, 5) is 4.88. The molecule has 2 N–H and O–H groups in total. The fraction of sp³-hybridized carbons (Fsp3) is 0.600. The van der Waals surface area contributed by atoms with E-state index in [4.69, 9.17) is 17.3 Å². The summed E-state index contributed by atoms with van der Waals surface area (Å²) in [6, 6.07) is 8.10. The highest BCUT2D eigenvalue weighted by Gasteiger charge is 2.23. The van der Waals surface area contributed by atoms with Crippen LogP contribution in [0.15, 0.2) is 24.3 Å². The molecule has 1 atom stereocenters. The van der Waals surface area contributed by atoms with E-state index in [0.29, 0.717) is 0 Å². The minimum absolute atomic E-state index is 0.0670. The molecule has 0 aromatic heterocycles. The molecule has 0 spiro atoms. The number of piperazine rings is 1. The van der Waals surface area contributed by atoms with Crippen molar-refractivity contribution in [2.24, 2.45) is 5.73 Å². The van der Waals surface area contributed by atoms with Crippen molar-refractivity contribution >= 4 is 17.3 Å². The first-order valence-electron chi connectivity index (χ1n) is 7.02. The summed E-state index contributed by atoms with van der Waals surface area (Å²) in [7, 11) is 0. The predicted octanol–water partition coefficient (Wildman–Crippen LogP) is 2.59. The van der Waals surface area contributed by atoms with Crippen molar-refractivity contribution in [3.05, 3.63) is 29.3 Å². The summed E-state index contributed by atoms with van der Waals surface area (Å²) in [5.74, 6) is 0. The molecule has 1 unspecified atom stereocenters. The summed E-state index contributed by atoms with van der Waals surface area (Å²) in [6.45, 7) is 9.55. The maximum absolute atomic E-state index is 6.24. The third-order valence-electron chi connectivity index (χ3n) is 3.96. The van der Waals surface area contributed by atoms with E-state index in [2.05, 4.69) is 35.8 Å². The fourth-order valence-corrected chi connectivity index (χ4v) is 2.56. The molecule has 1 saturated heterocycles. The van der Waals surface area contributed by atoms with E-state index in [1.807, 2.05) is 12.1 Å². The molecule has 1 aliphatic rings. The maximum atomic E-state index is 6.24. The van der Waals surface area contributed by atoms with Crippen LogP contribution in [0.1, 0.15) is 20.3 Å². The minimum atomic E-state index is -0.0670. The number of benzene rings is 1. The maximum Gasteiger partial charge on any atom is 0.0407 e. The smallest absolute Gasteiger partial charge is 0.0407 e. The van der Waals surface area contributed by atoms with Gasteiger partial charge in [0.05, 0.1) is 0 Å². The van der Waals surface area contributed by atoms with Gasteiger partial charge >= 0.3 is 0 Å². The first-order valence-corrected chi connectivity index (χ1v) is 7.40. The second-order valence-corrected chi connectivity index (χ2v) is 6.18. The van der Waals surface area contributed by atoms with Gasteiger partial charge in [0, 0.05) is 49.0 Å². The molecule has 0 saturated carbocycles. The largest absolute Gasteiger partial charge is 0.369 e. The Morgan fingerprint density at radius 3 is 2.26 bits per heavy atom. The third kappa shape index (κ3) is 4.10. The molecule has 0 bridgehead atoms. The SMILES string of the molecule is CCC(C)(N)CN1CCN(c2ccc(Cl)cc2)CC1. The lowest BCUT2D eigenvalue weighted by Crippen LogP contribution is -2.54. The molecule has 1 aromatic rings. The minimum Gasteiger partial charge on any atom is -0.369 e.